The van der Waals surface area contributed by atoms with Gasteiger partial charge in [-0.3, -0.25) is 5.32 Å². The molecule has 0 bridgehead atoms. The zero-order valence-electron chi connectivity index (χ0n) is 14.8. The van der Waals surface area contributed by atoms with Gasteiger partial charge >= 0.3 is 18.2 Å². The molecule has 7 nitrogen and oxygen atoms in total. The first-order valence-corrected chi connectivity index (χ1v) is 8.80. The van der Waals surface area contributed by atoms with Gasteiger partial charge in [-0.2, -0.15) is 13.2 Å². The van der Waals surface area contributed by atoms with Crippen molar-refractivity contribution in [2.24, 2.45) is 0 Å². The van der Waals surface area contributed by atoms with Gasteiger partial charge in [0.25, 0.3) is 0 Å². The number of rotatable bonds is 4. The number of halogens is 3. The third-order valence-electron chi connectivity index (χ3n) is 4.78. The van der Waals surface area contributed by atoms with Crippen LogP contribution in [0.3, 0.4) is 0 Å². The maximum Gasteiger partial charge on any atom is 0.416 e. The molecule has 2 saturated heterocycles. The molecule has 1 aromatic rings. The summed E-state index contributed by atoms with van der Waals surface area (Å²) in [5.74, 6) is 0. The molecule has 0 aliphatic carbocycles. The standard InChI is InChI=1S/C17H22F3N5O2/c1-10(11-3-2-4-12(9-11)17(18,19)20)22-14-23-15(26)25(16(27)24-14)13-5-7-21-8-6-13/h2-4,9-10,13-14,21-22H,5-8H2,1H3,(H,23,26)(H,24,27). The number of carbonyl (C=O) groups excluding carboxylic acids is 2. The number of nitrogens with zero attached hydrogens (tertiary/aromatic N) is 1. The summed E-state index contributed by atoms with van der Waals surface area (Å²) < 4.78 is 38.6. The van der Waals surface area contributed by atoms with Gasteiger partial charge in [-0.1, -0.05) is 12.1 Å². The molecule has 1 atom stereocenters. The maximum atomic E-state index is 12.9. The van der Waals surface area contributed by atoms with Crippen molar-refractivity contribution in [2.45, 2.75) is 44.3 Å². The molecule has 2 heterocycles. The molecule has 148 valence electrons. The second-order valence-electron chi connectivity index (χ2n) is 6.69. The van der Waals surface area contributed by atoms with Crippen molar-refractivity contribution in [3.8, 4) is 0 Å². The Bertz CT molecular complexity index is 688. The van der Waals surface area contributed by atoms with Gasteiger partial charge in [-0.25, -0.2) is 14.5 Å². The summed E-state index contributed by atoms with van der Waals surface area (Å²) in [6.07, 6.45) is -3.94. The van der Waals surface area contributed by atoms with E-state index in [4.69, 9.17) is 0 Å². The van der Waals surface area contributed by atoms with Crippen LogP contribution in [0.4, 0.5) is 22.8 Å². The Morgan fingerprint density at radius 1 is 1.15 bits per heavy atom. The number of alkyl halides is 3. The minimum absolute atomic E-state index is 0.173. The Morgan fingerprint density at radius 3 is 2.37 bits per heavy atom. The third-order valence-corrected chi connectivity index (χ3v) is 4.78. The van der Waals surface area contributed by atoms with Gasteiger partial charge in [-0.05, 0) is 50.6 Å². The van der Waals surface area contributed by atoms with E-state index in [1.807, 2.05) is 0 Å². The molecule has 4 amide bonds. The molecule has 0 spiro atoms. The highest BCUT2D eigenvalue weighted by Gasteiger charge is 2.37. The zero-order valence-corrected chi connectivity index (χ0v) is 14.8. The van der Waals surface area contributed by atoms with Crippen molar-refractivity contribution in [2.75, 3.05) is 13.1 Å². The monoisotopic (exact) mass is 385 g/mol. The van der Waals surface area contributed by atoms with Crippen LogP contribution >= 0.6 is 0 Å². The summed E-state index contributed by atoms with van der Waals surface area (Å²) in [5.41, 5.74) is -0.350. The fourth-order valence-electron chi connectivity index (χ4n) is 3.32. The van der Waals surface area contributed by atoms with Crippen LogP contribution in [0.5, 0.6) is 0 Å². The lowest BCUT2D eigenvalue weighted by atomic mass is 10.0. The molecule has 2 aliphatic heterocycles. The average molecular weight is 385 g/mol. The van der Waals surface area contributed by atoms with Gasteiger partial charge in [0.1, 0.15) is 0 Å². The minimum Gasteiger partial charge on any atom is -0.317 e. The SMILES string of the molecule is CC(NC1NC(=O)N(C2CCNCC2)C(=O)N1)c1cccc(C(F)(F)F)c1. The van der Waals surface area contributed by atoms with Crippen LogP contribution in [0.1, 0.15) is 36.9 Å². The second kappa shape index (κ2) is 7.73. The lowest BCUT2D eigenvalue weighted by Crippen LogP contribution is -2.70. The van der Waals surface area contributed by atoms with Crippen LogP contribution in [0.25, 0.3) is 0 Å². The molecular weight excluding hydrogens is 363 g/mol. The number of imide groups is 1. The summed E-state index contributed by atoms with van der Waals surface area (Å²) >= 11 is 0. The van der Waals surface area contributed by atoms with Gasteiger partial charge in [0.2, 0.25) is 0 Å². The Labute approximate surface area is 154 Å². The summed E-state index contributed by atoms with van der Waals surface area (Å²) in [6.45, 7) is 3.12. The molecule has 3 rings (SSSR count). The van der Waals surface area contributed by atoms with Gasteiger partial charge in [-0.15, -0.1) is 0 Å². The van der Waals surface area contributed by atoms with Crippen molar-refractivity contribution in [1.82, 2.24) is 26.2 Å². The molecule has 2 aliphatic rings. The number of piperidine rings is 1. The van der Waals surface area contributed by atoms with E-state index in [1.54, 1.807) is 13.0 Å². The topological polar surface area (TPSA) is 85.5 Å². The molecule has 1 unspecified atom stereocenters. The smallest absolute Gasteiger partial charge is 0.317 e. The number of hydrogen-bond donors (Lipinski definition) is 4. The van der Waals surface area contributed by atoms with E-state index in [9.17, 15) is 22.8 Å². The summed E-state index contributed by atoms with van der Waals surface area (Å²) in [5, 5.41) is 11.4. The average Bonchev–Trinajstić information content (AvgIpc) is 2.61. The highest BCUT2D eigenvalue weighted by atomic mass is 19.4. The fraction of sp³-hybridized carbons (Fsp3) is 0.529. The van der Waals surface area contributed by atoms with Crippen molar-refractivity contribution < 1.29 is 22.8 Å². The quantitative estimate of drug-likeness (QED) is 0.640. The largest absolute Gasteiger partial charge is 0.416 e. The van der Waals surface area contributed by atoms with E-state index in [0.717, 1.165) is 25.2 Å². The van der Waals surface area contributed by atoms with Crippen molar-refractivity contribution in [1.29, 1.82) is 0 Å². The first-order chi connectivity index (χ1) is 12.8. The Hall–Kier alpha value is -2.33. The van der Waals surface area contributed by atoms with E-state index >= 15 is 0 Å². The van der Waals surface area contributed by atoms with E-state index < -0.39 is 36.1 Å². The number of hydrogen-bond acceptors (Lipinski definition) is 4. The number of carbonyl (C=O) groups is 2. The molecule has 10 heteroatoms. The maximum absolute atomic E-state index is 12.9. The Kier molecular flexibility index (Phi) is 5.56. The van der Waals surface area contributed by atoms with Gasteiger partial charge in [0.05, 0.1) is 5.56 Å². The Balaban J connectivity index is 1.63. The van der Waals surface area contributed by atoms with Crippen LogP contribution in [0.2, 0.25) is 0 Å². The highest BCUT2D eigenvalue weighted by molar-refractivity contribution is 5.96. The predicted octanol–water partition coefficient (Wildman–Crippen LogP) is 2.13. The first kappa shape index (κ1) is 19.4. The lowest BCUT2D eigenvalue weighted by molar-refractivity contribution is -0.137. The summed E-state index contributed by atoms with van der Waals surface area (Å²) in [6, 6.07) is 3.20. The molecule has 0 radical (unpaired) electrons. The van der Waals surface area contributed by atoms with Crippen LogP contribution in [-0.2, 0) is 6.18 Å². The van der Waals surface area contributed by atoms with E-state index in [1.165, 1.54) is 11.0 Å². The molecule has 1 aromatic carbocycles. The fourth-order valence-corrected chi connectivity index (χ4v) is 3.32. The molecule has 2 fully saturated rings. The summed E-state index contributed by atoms with van der Waals surface area (Å²) in [7, 11) is 0. The van der Waals surface area contributed by atoms with Crippen LogP contribution in [0, 0.1) is 0 Å². The van der Waals surface area contributed by atoms with E-state index in [-0.39, 0.29) is 6.04 Å². The molecule has 4 N–H and O–H groups in total. The normalized spacial score (nSPS) is 21.0. The van der Waals surface area contributed by atoms with Crippen molar-refractivity contribution in [3.05, 3.63) is 35.4 Å². The zero-order chi connectivity index (χ0) is 19.6. The van der Waals surface area contributed by atoms with Crippen LogP contribution in [0.15, 0.2) is 24.3 Å². The Morgan fingerprint density at radius 2 is 1.78 bits per heavy atom. The molecule has 0 saturated carbocycles. The number of benzene rings is 1. The molecular formula is C17H22F3N5O2. The van der Waals surface area contributed by atoms with Gasteiger partial charge in [0.15, 0.2) is 6.29 Å². The van der Waals surface area contributed by atoms with Crippen molar-refractivity contribution >= 4 is 12.1 Å². The number of amides is 4. The minimum atomic E-state index is -4.43. The third kappa shape index (κ3) is 4.51. The van der Waals surface area contributed by atoms with E-state index in [0.29, 0.717) is 18.4 Å². The molecule has 27 heavy (non-hydrogen) atoms. The first-order valence-electron chi connectivity index (χ1n) is 8.80. The highest BCUT2D eigenvalue weighted by Crippen LogP contribution is 2.30. The number of nitrogens with one attached hydrogen (secondary N) is 4. The van der Waals surface area contributed by atoms with Gasteiger partial charge < -0.3 is 16.0 Å². The predicted molar refractivity (Wildman–Crippen MR) is 91.6 cm³/mol. The second-order valence-corrected chi connectivity index (χ2v) is 6.69. The van der Waals surface area contributed by atoms with Crippen LogP contribution in [-0.4, -0.2) is 42.4 Å². The van der Waals surface area contributed by atoms with Crippen LogP contribution < -0.4 is 21.3 Å². The van der Waals surface area contributed by atoms with Crippen molar-refractivity contribution in [3.63, 3.8) is 0 Å². The molecule has 0 aromatic heterocycles. The number of urea groups is 2. The lowest BCUT2D eigenvalue weighted by Gasteiger charge is -2.39. The van der Waals surface area contributed by atoms with E-state index in [2.05, 4.69) is 21.3 Å². The van der Waals surface area contributed by atoms with Gasteiger partial charge in [0, 0.05) is 12.1 Å². The summed E-state index contributed by atoms with van der Waals surface area (Å²) in [4.78, 5) is 25.9.